The summed E-state index contributed by atoms with van der Waals surface area (Å²) in [6.07, 6.45) is 0. The number of nitrogen functional groups attached to an aromatic ring is 1. The fourth-order valence-electron chi connectivity index (χ4n) is 1.71. The SMILES string of the molecule is Cc1nc(N)sc1-c1nc(-c2cc(Cl)ccc2Cl)no1. The molecule has 2 aromatic heterocycles. The summed E-state index contributed by atoms with van der Waals surface area (Å²) in [6.45, 7) is 1.83. The number of hydrogen-bond acceptors (Lipinski definition) is 6. The van der Waals surface area contributed by atoms with E-state index in [9.17, 15) is 0 Å². The van der Waals surface area contributed by atoms with Crippen LogP contribution in [0.25, 0.3) is 22.2 Å². The topological polar surface area (TPSA) is 77.8 Å². The summed E-state index contributed by atoms with van der Waals surface area (Å²) in [6, 6.07) is 5.07. The first-order chi connectivity index (χ1) is 9.54. The third-order valence-corrected chi connectivity index (χ3v) is 4.14. The average molecular weight is 327 g/mol. The van der Waals surface area contributed by atoms with Crippen LogP contribution in [0.1, 0.15) is 5.69 Å². The van der Waals surface area contributed by atoms with Crippen molar-refractivity contribution in [1.82, 2.24) is 15.1 Å². The summed E-state index contributed by atoms with van der Waals surface area (Å²) >= 11 is 13.4. The molecule has 0 fully saturated rings. The number of halogens is 2. The molecule has 2 heterocycles. The van der Waals surface area contributed by atoms with Crippen molar-refractivity contribution >= 4 is 39.7 Å². The lowest BCUT2D eigenvalue weighted by atomic mass is 10.2. The van der Waals surface area contributed by atoms with Gasteiger partial charge in [0, 0.05) is 10.6 Å². The van der Waals surface area contributed by atoms with E-state index in [1.807, 2.05) is 6.92 Å². The minimum absolute atomic E-state index is 0.364. The third kappa shape index (κ3) is 2.37. The molecule has 8 heteroatoms. The summed E-state index contributed by atoms with van der Waals surface area (Å²) in [5, 5.41) is 5.43. The van der Waals surface area contributed by atoms with E-state index in [4.69, 9.17) is 33.5 Å². The van der Waals surface area contributed by atoms with Crippen molar-refractivity contribution in [2.45, 2.75) is 6.92 Å². The van der Waals surface area contributed by atoms with Crippen LogP contribution in [0.15, 0.2) is 22.7 Å². The minimum atomic E-state index is 0.364. The molecule has 1 aromatic carbocycles. The van der Waals surface area contributed by atoms with E-state index in [-0.39, 0.29) is 0 Å². The highest BCUT2D eigenvalue weighted by Gasteiger charge is 2.17. The van der Waals surface area contributed by atoms with Crippen LogP contribution in [0.4, 0.5) is 5.13 Å². The van der Waals surface area contributed by atoms with Crippen molar-refractivity contribution in [3.8, 4) is 22.2 Å². The number of thiazole rings is 1. The first-order valence-electron chi connectivity index (χ1n) is 5.57. The Hall–Kier alpha value is -1.63. The molecular weight excluding hydrogens is 319 g/mol. The van der Waals surface area contributed by atoms with Gasteiger partial charge in [0.2, 0.25) is 5.82 Å². The molecule has 3 aromatic rings. The van der Waals surface area contributed by atoms with Gasteiger partial charge in [-0.2, -0.15) is 4.98 Å². The maximum atomic E-state index is 6.11. The molecule has 2 N–H and O–H groups in total. The maximum absolute atomic E-state index is 6.11. The Morgan fingerprint density at radius 1 is 1.25 bits per heavy atom. The Morgan fingerprint density at radius 3 is 2.75 bits per heavy atom. The average Bonchev–Trinajstić information content (AvgIpc) is 2.99. The van der Waals surface area contributed by atoms with Gasteiger partial charge in [0.1, 0.15) is 4.88 Å². The van der Waals surface area contributed by atoms with Gasteiger partial charge in [0.05, 0.1) is 10.7 Å². The molecule has 20 heavy (non-hydrogen) atoms. The summed E-state index contributed by atoms with van der Waals surface area (Å²) in [7, 11) is 0. The lowest BCUT2D eigenvalue weighted by Crippen LogP contribution is -1.83. The number of rotatable bonds is 2. The van der Waals surface area contributed by atoms with Crippen molar-refractivity contribution in [3.63, 3.8) is 0 Å². The van der Waals surface area contributed by atoms with Crippen LogP contribution in [-0.2, 0) is 0 Å². The highest BCUT2D eigenvalue weighted by Crippen LogP contribution is 2.33. The first-order valence-corrected chi connectivity index (χ1v) is 7.14. The van der Waals surface area contributed by atoms with E-state index >= 15 is 0 Å². The van der Waals surface area contributed by atoms with Crippen LogP contribution in [0.5, 0.6) is 0 Å². The van der Waals surface area contributed by atoms with Gasteiger partial charge in [-0.1, -0.05) is 39.7 Å². The van der Waals surface area contributed by atoms with Gasteiger partial charge in [-0.15, -0.1) is 0 Å². The highest BCUT2D eigenvalue weighted by molar-refractivity contribution is 7.18. The second-order valence-corrected chi connectivity index (χ2v) is 5.89. The van der Waals surface area contributed by atoms with E-state index in [1.54, 1.807) is 18.2 Å². The predicted molar refractivity (Wildman–Crippen MR) is 80.0 cm³/mol. The highest BCUT2D eigenvalue weighted by atomic mass is 35.5. The van der Waals surface area contributed by atoms with Crippen LogP contribution in [0, 0.1) is 6.92 Å². The number of nitrogens with zero attached hydrogens (tertiary/aromatic N) is 3. The fourth-order valence-corrected chi connectivity index (χ4v) is 2.84. The van der Waals surface area contributed by atoms with Gasteiger partial charge in [0.25, 0.3) is 5.89 Å². The van der Waals surface area contributed by atoms with Gasteiger partial charge < -0.3 is 10.3 Å². The van der Waals surface area contributed by atoms with Gasteiger partial charge in [0.15, 0.2) is 5.13 Å². The third-order valence-electron chi connectivity index (χ3n) is 2.60. The second-order valence-electron chi connectivity index (χ2n) is 4.01. The molecule has 0 aliphatic rings. The lowest BCUT2D eigenvalue weighted by Gasteiger charge is -1.98. The molecule has 102 valence electrons. The smallest absolute Gasteiger partial charge is 0.270 e. The Bertz CT molecular complexity index is 784. The maximum Gasteiger partial charge on any atom is 0.270 e. The Morgan fingerprint density at radius 2 is 2.05 bits per heavy atom. The fraction of sp³-hybridized carbons (Fsp3) is 0.0833. The van der Waals surface area contributed by atoms with Gasteiger partial charge in [-0.05, 0) is 25.1 Å². The Kier molecular flexibility index (Phi) is 3.37. The molecule has 0 radical (unpaired) electrons. The largest absolute Gasteiger partial charge is 0.375 e. The van der Waals surface area contributed by atoms with Crippen molar-refractivity contribution in [2.24, 2.45) is 0 Å². The van der Waals surface area contributed by atoms with Gasteiger partial charge in [-0.3, -0.25) is 0 Å². The van der Waals surface area contributed by atoms with E-state index in [0.29, 0.717) is 32.5 Å². The molecule has 0 atom stereocenters. The molecule has 0 aliphatic carbocycles. The molecule has 3 rings (SSSR count). The molecule has 0 saturated heterocycles. The first kappa shape index (κ1) is 13.4. The van der Waals surface area contributed by atoms with Crippen LogP contribution >= 0.6 is 34.5 Å². The van der Waals surface area contributed by atoms with E-state index in [1.165, 1.54) is 11.3 Å². The number of nitrogens with two attached hydrogens (primary N) is 1. The molecular formula is C12H8Cl2N4OS. The van der Waals surface area contributed by atoms with Gasteiger partial charge >= 0.3 is 0 Å². The van der Waals surface area contributed by atoms with E-state index < -0.39 is 0 Å². The molecule has 0 unspecified atom stereocenters. The molecule has 0 amide bonds. The number of benzene rings is 1. The monoisotopic (exact) mass is 326 g/mol. The normalized spacial score (nSPS) is 10.9. The quantitative estimate of drug-likeness (QED) is 0.768. The van der Waals surface area contributed by atoms with E-state index in [2.05, 4.69) is 15.1 Å². The van der Waals surface area contributed by atoms with Crippen molar-refractivity contribution in [1.29, 1.82) is 0 Å². The van der Waals surface area contributed by atoms with Crippen LogP contribution in [0.3, 0.4) is 0 Å². The van der Waals surface area contributed by atoms with Crippen molar-refractivity contribution < 1.29 is 4.52 Å². The Balaban J connectivity index is 2.06. The summed E-state index contributed by atoms with van der Waals surface area (Å²) < 4.78 is 5.25. The zero-order chi connectivity index (χ0) is 14.3. The predicted octanol–water partition coefficient (Wildman–Crippen LogP) is 4.06. The standard InChI is InChI=1S/C12H8Cl2N4OS/c1-5-9(20-12(15)16-5)11-17-10(18-19-11)7-4-6(13)2-3-8(7)14/h2-4H,1H3,(H2,15,16). The second kappa shape index (κ2) is 5.05. The van der Waals surface area contributed by atoms with Crippen LogP contribution in [0.2, 0.25) is 10.0 Å². The number of hydrogen-bond donors (Lipinski definition) is 1. The van der Waals surface area contributed by atoms with Crippen molar-refractivity contribution in [3.05, 3.63) is 33.9 Å². The summed E-state index contributed by atoms with van der Waals surface area (Å²) in [5.74, 6) is 0.738. The number of aryl methyl sites for hydroxylation is 1. The zero-order valence-electron chi connectivity index (χ0n) is 10.2. The lowest BCUT2D eigenvalue weighted by molar-refractivity contribution is 0.433. The van der Waals surface area contributed by atoms with Crippen molar-refractivity contribution in [2.75, 3.05) is 5.73 Å². The number of aromatic nitrogens is 3. The molecule has 0 saturated carbocycles. The Labute approximate surface area is 128 Å². The molecule has 0 spiro atoms. The summed E-state index contributed by atoms with van der Waals surface area (Å²) in [4.78, 5) is 9.19. The van der Waals surface area contributed by atoms with Crippen LogP contribution < -0.4 is 5.73 Å². The number of anilines is 1. The zero-order valence-corrected chi connectivity index (χ0v) is 12.6. The summed E-state index contributed by atoms with van der Waals surface area (Å²) in [5.41, 5.74) is 7.02. The minimum Gasteiger partial charge on any atom is -0.375 e. The van der Waals surface area contributed by atoms with Crippen LogP contribution in [-0.4, -0.2) is 15.1 Å². The molecule has 0 bridgehead atoms. The molecule has 5 nitrogen and oxygen atoms in total. The van der Waals surface area contributed by atoms with E-state index in [0.717, 1.165) is 10.6 Å². The van der Waals surface area contributed by atoms with Gasteiger partial charge in [-0.25, -0.2) is 4.98 Å². The molecule has 0 aliphatic heterocycles.